The third kappa shape index (κ3) is 5.57. The molecule has 0 spiro atoms. The van der Waals surface area contributed by atoms with Crippen LogP contribution < -0.4 is 10.0 Å². The zero-order valence-electron chi connectivity index (χ0n) is 17.3. The van der Waals surface area contributed by atoms with Gasteiger partial charge in [-0.3, -0.25) is 14.5 Å². The number of nitrogens with zero attached hydrogens (tertiary/aromatic N) is 1. The molecule has 0 fully saturated rings. The first-order valence-electron chi connectivity index (χ1n) is 10.2. The average Bonchev–Trinajstić information content (AvgIpc) is 3.31. The highest BCUT2D eigenvalue weighted by atomic mass is 32.2. The summed E-state index contributed by atoms with van der Waals surface area (Å²) in [5.74, 6) is 0.246. The molecule has 0 bridgehead atoms. The summed E-state index contributed by atoms with van der Waals surface area (Å²) in [5, 5.41) is 2.39. The number of amidine groups is 1. The van der Waals surface area contributed by atoms with Gasteiger partial charge in [0.2, 0.25) is 5.91 Å². The first-order chi connectivity index (χ1) is 15.5. The Balaban J connectivity index is 1.55. The fraction of sp³-hybridized carbons (Fsp3) is 0.167. The molecule has 1 aliphatic heterocycles. The maximum absolute atomic E-state index is 13.2. The van der Waals surface area contributed by atoms with E-state index in [1.807, 2.05) is 60.7 Å². The van der Waals surface area contributed by atoms with Crippen LogP contribution in [-0.4, -0.2) is 26.7 Å². The molecule has 1 atom stereocenters. The minimum atomic E-state index is -3.76. The van der Waals surface area contributed by atoms with Crippen molar-refractivity contribution in [2.24, 2.45) is 4.99 Å². The SMILES string of the molecule is O=C(Nc1cccc(S(=O)(=O)NC2=NCCC2)c1)C(Sc1ccccc1)c1ccccc1. The molecular weight excluding hydrogens is 442 g/mol. The third-order valence-corrected chi connectivity index (χ3v) is 7.52. The maximum Gasteiger partial charge on any atom is 0.262 e. The lowest BCUT2D eigenvalue weighted by atomic mass is 10.1. The van der Waals surface area contributed by atoms with Gasteiger partial charge in [-0.05, 0) is 42.3 Å². The van der Waals surface area contributed by atoms with Crippen molar-refractivity contribution in [3.8, 4) is 0 Å². The zero-order chi connectivity index (χ0) is 22.4. The van der Waals surface area contributed by atoms with Crippen molar-refractivity contribution in [3.05, 3.63) is 90.5 Å². The number of sulfonamides is 1. The number of hydrogen-bond acceptors (Lipinski definition) is 5. The third-order valence-electron chi connectivity index (χ3n) is 4.88. The molecule has 8 heteroatoms. The van der Waals surface area contributed by atoms with E-state index in [0.29, 0.717) is 24.5 Å². The number of thioether (sulfide) groups is 1. The smallest absolute Gasteiger partial charge is 0.262 e. The molecule has 1 unspecified atom stereocenters. The van der Waals surface area contributed by atoms with Gasteiger partial charge in [-0.15, -0.1) is 11.8 Å². The molecule has 3 aromatic carbocycles. The van der Waals surface area contributed by atoms with Gasteiger partial charge in [0.05, 0.1) is 4.90 Å². The van der Waals surface area contributed by atoms with Gasteiger partial charge < -0.3 is 5.32 Å². The molecule has 0 aliphatic carbocycles. The summed E-state index contributed by atoms with van der Waals surface area (Å²) in [4.78, 5) is 18.5. The van der Waals surface area contributed by atoms with E-state index >= 15 is 0 Å². The number of benzene rings is 3. The van der Waals surface area contributed by atoms with Crippen LogP contribution in [0, 0.1) is 0 Å². The molecule has 0 radical (unpaired) electrons. The molecule has 0 saturated carbocycles. The number of aliphatic imine (C=N–C) groups is 1. The fourth-order valence-corrected chi connectivity index (χ4v) is 5.50. The summed E-state index contributed by atoms with van der Waals surface area (Å²) in [7, 11) is -3.76. The normalized spacial score (nSPS) is 14.4. The Kier molecular flexibility index (Phi) is 6.92. The second kappa shape index (κ2) is 10.0. The standard InChI is InChI=1S/C24H23N3O3S2/c28-24(23(18-9-3-1-4-10-18)31-20-12-5-2-6-13-20)26-19-11-7-14-21(17-19)32(29,30)27-22-15-8-16-25-22/h1-7,9-14,17,23H,8,15-16H2,(H,25,27)(H,26,28). The fourth-order valence-electron chi connectivity index (χ4n) is 3.32. The first kappa shape index (κ1) is 22.1. The Morgan fingerprint density at radius 3 is 2.34 bits per heavy atom. The number of carbonyl (C=O) groups is 1. The Hall–Kier alpha value is -3.10. The predicted octanol–water partition coefficient (Wildman–Crippen LogP) is 4.63. The van der Waals surface area contributed by atoms with Gasteiger partial charge in [-0.25, -0.2) is 8.42 Å². The van der Waals surface area contributed by atoms with Crippen molar-refractivity contribution in [1.82, 2.24) is 4.72 Å². The number of hydrogen-bond donors (Lipinski definition) is 2. The highest BCUT2D eigenvalue weighted by molar-refractivity contribution is 8.00. The van der Waals surface area contributed by atoms with Gasteiger partial charge in [0, 0.05) is 23.5 Å². The largest absolute Gasteiger partial charge is 0.325 e. The lowest BCUT2D eigenvalue weighted by Gasteiger charge is -2.17. The second-order valence-corrected chi connectivity index (χ2v) is 10.1. The molecule has 6 nitrogen and oxygen atoms in total. The molecule has 0 aromatic heterocycles. The highest BCUT2D eigenvalue weighted by Gasteiger charge is 2.23. The van der Waals surface area contributed by atoms with E-state index in [1.165, 1.54) is 23.9 Å². The second-order valence-electron chi connectivity index (χ2n) is 7.28. The van der Waals surface area contributed by atoms with Crippen molar-refractivity contribution >= 4 is 39.2 Å². The minimum absolute atomic E-state index is 0.0804. The van der Waals surface area contributed by atoms with Gasteiger partial charge in [0.1, 0.15) is 11.1 Å². The van der Waals surface area contributed by atoms with Crippen LogP contribution in [0.15, 0.2) is 99.7 Å². The molecule has 1 heterocycles. The molecule has 1 amide bonds. The molecule has 32 heavy (non-hydrogen) atoms. The van der Waals surface area contributed by atoms with E-state index < -0.39 is 15.3 Å². The molecule has 0 saturated heterocycles. The maximum atomic E-state index is 13.2. The Bertz CT molecular complexity index is 1210. The Labute approximate surface area is 192 Å². The van der Waals surface area contributed by atoms with Crippen LogP contribution in [-0.2, 0) is 14.8 Å². The summed E-state index contributed by atoms with van der Waals surface area (Å²) in [6.07, 6.45) is 1.46. The van der Waals surface area contributed by atoms with E-state index in [4.69, 9.17) is 0 Å². The summed E-state index contributed by atoms with van der Waals surface area (Å²) in [6, 6.07) is 25.5. The summed E-state index contributed by atoms with van der Waals surface area (Å²) in [5.41, 5.74) is 1.28. The number of anilines is 1. The summed E-state index contributed by atoms with van der Waals surface area (Å²) in [6.45, 7) is 0.633. The molecule has 164 valence electrons. The van der Waals surface area contributed by atoms with Gasteiger partial charge in [0.15, 0.2) is 0 Å². The van der Waals surface area contributed by atoms with Crippen LogP contribution in [0.4, 0.5) is 5.69 Å². The van der Waals surface area contributed by atoms with Crippen LogP contribution in [0.5, 0.6) is 0 Å². The highest BCUT2D eigenvalue weighted by Crippen LogP contribution is 2.36. The van der Waals surface area contributed by atoms with E-state index in [2.05, 4.69) is 15.0 Å². The van der Waals surface area contributed by atoms with Crippen LogP contribution in [0.2, 0.25) is 0 Å². The Morgan fingerprint density at radius 1 is 0.938 bits per heavy atom. The first-order valence-corrected chi connectivity index (χ1v) is 12.6. The predicted molar refractivity (Wildman–Crippen MR) is 128 cm³/mol. The van der Waals surface area contributed by atoms with E-state index in [-0.39, 0.29) is 10.8 Å². The van der Waals surface area contributed by atoms with Crippen molar-refractivity contribution in [2.75, 3.05) is 11.9 Å². The minimum Gasteiger partial charge on any atom is -0.325 e. The number of rotatable bonds is 7. The monoisotopic (exact) mass is 465 g/mol. The van der Waals surface area contributed by atoms with Crippen molar-refractivity contribution in [2.45, 2.75) is 27.9 Å². The average molecular weight is 466 g/mol. The molecule has 2 N–H and O–H groups in total. The van der Waals surface area contributed by atoms with Gasteiger partial charge in [-0.1, -0.05) is 54.6 Å². The number of carbonyl (C=O) groups excluding carboxylic acids is 1. The van der Waals surface area contributed by atoms with Crippen LogP contribution in [0.3, 0.4) is 0 Å². The van der Waals surface area contributed by atoms with Crippen LogP contribution in [0.1, 0.15) is 23.7 Å². The topological polar surface area (TPSA) is 87.6 Å². The van der Waals surface area contributed by atoms with E-state index in [1.54, 1.807) is 12.1 Å². The number of amides is 1. The van der Waals surface area contributed by atoms with Gasteiger partial charge >= 0.3 is 0 Å². The van der Waals surface area contributed by atoms with Crippen molar-refractivity contribution in [1.29, 1.82) is 0 Å². The van der Waals surface area contributed by atoms with E-state index in [0.717, 1.165) is 16.9 Å². The van der Waals surface area contributed by atoms with Gasteiger partial charge in [0.25, 0.3) is 10.0 Å². The molecular formula is C24H23N3O3S2. The van der Waals surface area contributed by atoms with Crippen LogP contribution >= 0.6 is 11.8 Å². The summed E-state index contributed by atoms with van der Waals surface area (Å²) < 4.78 is 28.0. The van der Waals surface area contributed by atoms with Gasteiger partial charge in [-0.2, -0.15) is 0 Å². The summed E-state index contributed by atoms with van der Waals surface area (Å²) >= 11 is 1.44. The quantitative estimate of drug-likeness (QED) is 0.498. The van der Waals surface area contributed by atoms with Crippen molar-refractivity contribution in [3.63, 3.8) is 0 Å². The van der Waals surface area contributed by atoms with Crippen molar-refractivity contribution < 1.29 is 13.2 Å². The molecule has 3 aromatic rings. The zero-order valence-corrected chi connectivity index (χ0v) is 18.9. The Morgan fingerprint density at radius 2 is 1.66 bits per heavy atom. The lowest BCUT2D eigenvalue weighted by molar-refractivity contribution is -0.115. The number of nitrogens with one attached hydrogen (secondary N) is 2. The molecule has 4 rings (SSSR count). The molecule has 1 aliphatic rings. The lowest BCUT2D eigenvalue weighted by Crippen LogP contribution is -2.29. The van der Waals surface area contributed by atoms with Crippen LogP contribution in [0.25, 0.3) is 0 Å². The van der Waals surface area contributed by atoms with E-state index in [9.17, 15) is 13.2 Å².